The minimum atomic E-state index is -0.707. The number of carbonyl (C=O) groups is 1. The van der Waals surface area contributed by atoms with Crippen molar-refractivity contribution in [2.45, 2.75) is 26.5 Å². The van der Waals surface area contributed by atoms with Gasteiger partial charge in [0.05, 0.1) is 39.1 Å². The van der Waals surface area contributed by atoms with Gasteiger partial charge in [-0.25, -0.2) is 4.99 Å². The van der Waals surface area contributed by atoms with E-state index in [0.717, 1.165) is 20.3 Å². The molecule has 2 heterocycles. The molecule has 0 spiro atoms. The van der Waals surface area contributed by atoms with Gasteiger partial charge in [-0.2, -0.15) is 0 Å². The van der Waals surface area contributed by atoms with Gasteiger partial charge in [0, 0.05) is 10.7 Å². The number of nitrogens with one attached hydrogen (secondary N) is 1. The molecule has 1 aliphatic rings. The Bertz CT molecular complexity index is 2180. The summed E-state index contributed by atoms with van der Waals surface area (Å²) in [4.78, 5) is 33.3. The standard InChI is InChI=1S/C37H31ClIN3O5S/c1-4-46-28-16-12-25(13-17-28)33-32(35(43)41-27-8-6-5-7-9-27)22(2)40-37-42(33)36(44)31(48-37)20-24-18-29(39)34(30(19-24)45-3)47-21-23-10-14-26(38)15-11-23/h5-20,33H,4,21H2,1-3H3,(H,41,43)/b31-20-/t33-/m0/s1. The largest absolute Gasteiger partial charge is 0.494 e. The molecule has 0 aliphatic carbocycles. The molecule has 0 saturated heterocycles. The fraction of sp³-hybridized carbons (Fsp3) is 0.162. The second kappa shape index (κ2) is 14.8. The van der Waals surface area contributed by atoms with Crippen LogP contribution >= 0.6 is 45.5 Å². The normalized spacial score (nSPS) is 14.3. The third kappa shape index (κ3) is 7.20. The van der Waals surface area contributed by atoms with Crippen LogP contribution in [0.3, 0.4) is 0 Å². The first-order valence-corrected chi connectivity index (χ1v) is 17.4. The van der Waals surface area contributed by atoms with Crippen molar-refractivity contribution in [3.8, 4) is 17.2 Å². The number of amides is 1. The summed E-state index contributed by atoms with van der Waals surface area (Å²) >= 11 is 9.50. The maximum Gasteiger partial charge on any atom is 0.271 e. The van der Waals surface area contributed by atoms with E-state index in [-0.39, 0.29) is 11.5 Å². The van der Waals surface area contributed by atoms with Gasteiger partial charge in [0.1, 0.15) is 12.4 Å². The highest BCUT2D eigenvalue weighted by atomic mass is 127. The molecule has 1 atom stereocenters. The number of methoxy groups -OCH3 is 1. The summed E-state index contributed by atoms with van der Waals surface area (Å²) in [5.41, 5.74) is 3.81. The Morgan fingerprint density at radius 1 is 1.04 bits per heavy atom. The highest BCUT2D eigenvalue weighted by molar-refractivity contribution is 14.1. The van der Waals surface area contributed by atoms with Crippen LogP contribution in [0.15, 0.2) is 112 Å². The Labute approximate surface area is 300 Å². The molecule has 1 amide bonds. The lowest BCUT2D eigenvalue weighted by molar-refractivity contribution is -0.113. The number of allylic oxidation sites excluding steroid dienone is 1. The Morgan fingerprint density at radius 3 is 2.46 bits per heavy atom. The highest BCUT2D eigenvalue weighted by Crippen LogP contribution is 2.35. The van der Waals surface area contributed by atoms with E-state index in [1.807, 2.05) is 104 Å². The molecule has 0 radical (unpaired) electrons. The van der Waals surface area contributed by atoms with Crippen molar-refractivity contribution in [2.75, 3.05) is 19.0 Å². The van der Waals surface area contributed by atoms with Crippen LogP contribution in [0.1, 0.15) is 36.6 Å². The minimum Gasteiger partial charge on any atom is -0.494 e. The molecule has 1 N–H and O–H groups in total. The van der Waals surface area contributed by atoms with Gasteiger partial charge in [-0.15, -0.1) is 0 Å². The van der Waals surface area contributed by atoms with Crippen molar-refractivity contribution in [1.29, 1.82) is 0 Å². The number of benzene rings is 4. The molecule has 1 aromatic heterocycles. The second-order valence-corrected chi connectivity index (χ2v) is 13.5. The molecule has 244 valence electrons. The first-order chi connectivity index (χ1) is 23.2. The van der Waals surface area contributed by atoms with Crippen LogP contribution in [-0.2, 0) is 11.4 Å². The number of carbonyl (C=O) groups excluding carboxylic acids is 1. The maximum atomic E-state index is 14.2. The van der Waals surface area contributed by atoms with Crippen LogP contribution in [0.2, 0.25) is 5.02 Å². The molecular formula is C37H31ClIN3O5S. The average Bonchev–Trinajstić information content (AvgIpc) is 3.38. The number of rotatable bonds is 10. The van der Waals surface area contributed by atoms with Gasteiger partial charge >= 0.3 is 0 Å². The Kier molecular flexibility index (Phi) is 10.3. The zero-order chi connectivity index (χ0) is 33.8. The molecule has 48 heavy (non-hydrogen) atoms. The number of para-hydroxylation sites is 1. The van der Waals surface area contributed by atoms with Crippen LogP contribution in [0, 0.1) is 3.57 Å². The van der Waals surface area contributed by atoms with Crippen molar-refractivity contribution >= 4 is 63.2 Å². The van der Waals surface area contributed by atoms with Crippen LogP contribution in [0.4, 0.5) is 5.69 Å². The van der Waals surface area contributed by atoms with Crippen molar-refractivity contribution in [3.05, 3.63) is 147 Å². The lowest BCUT2D eigenvalue weighted by atomic mass is 9.95. The van der Waals surface area contributed by atoms with E-state index in [9.17, 15) is 9.59 Å². The summed E-state index contributed by atoms with van der Waals surface area (Å²) in [5, 5.41) is 3.64. The van der Waals surface area contributed by atoms with E-state index < -0.39 is 6.04 Å². The summed E-state index contributed by atoms with van der Waals surface area (Å²) in [7, 11) is 1.58. The number of aromatic nitrogens is 1. The number of hydrogen-bond acceptors (Lipinski definition) is 7. The van der Waals surface area contributed by atoms with Gasteiger partial charge < -0.3 is 19.5 Å². The Balaban J connectivity index is 1.40. The van der Waals surface area contributed by atoms with Crippen LogP contribution in [0.5, 0.6) is 17.2 Å². The fourth-order valence-electron chi connectivity index (χ4n) is 5.41. The topological polar surface area (TPSA) is 91.2 Å². The molecule has 1 aliphatic heterocycles. The summed E-state index contributed by atoms with van der Waals surface area (Å²) in [5.74, 6) is 1.52. The zero-order valence-electron chi connectivity index (χ0n) is 26.3. The molecular weight excluding hydrogens is 761 g/mol. The van der Waals surface area contributed by atoms with E-state index >= 15 is 0 Å². The number of hydrogen-bond donors (Lipinski definition) is 1. The molecule has 6 rings (SSSR count). The van der Waals surface area contributed by atoms with E-state index in [4.69, 9.17) is 30.8 Å². The van der Waals surface area contributed by atoms with Crippen molar-refractivity contribution in [2.24, 2.45) is 4.99 Å². The fourth-order valence-corrected chi connectivity index (χ4v) is 7.36. The van der Waals surface area contributed by atoms with Crippen molar-refractivity contribution < 1.29 is 19.0 Å². The highest BCUT2D eigenvalue weighted by Gasteiger charge is 2.32. The SMILES string of the molecule is CCOc1ccc([C@H]2C(C(=O)Nc3ccccc3)=C(C)N=c3s/c(=C\c4cc(I)c(OCc5ccc(Cl)cc5)c(OC)c4)c(=O)n32)cc1. The third-order valence-corrected chi connectivity index (χ3v) is 9.69. The zero-order valence-corrected chi connectivity index (χ0v) is 30.1. The number of ether oxygens (including phenoxy) is 3. The average molecular weight is 792 g/mol. The van der Waals surface area contributed by atoms with Gasteiger partial charge in [-0.3, -0.25) is 14.2 Å². The predicted molar refractivity (Wildman–Crippen MR) is 198 cm³/mol. The maximum absolute atomic E-state index is 14.2. The number of nitrogens with zero attached hydrogens (tertiary/aromatic N) is 2. The monoisotopic (exact) mass is 791 g/mol. The predicted octanol–water partition coefficient (Wildman–Crippen LogP) is 7.12. The second-order valence-electron chi connectivity index (χ2n) is 10.9. The molecule has 0 unspecified atom stereocenters. The van der Waals surface area contributed by atoms with Crippen molar-refractivity contribution in [1.82, 2.24) is 4.57 Å². The first-order valence-electron chi connectivity index (χ1n) is 15.1. The van der Waals surface area contributed by atoms with Gasteiger partial charge in [-0.1, -0.05) is 65.4 Å². The summed E-state index contributed by atoms with van der Waals surface area (Å²) in [6, 6.07) is 27.2. The van der Waals surface area contributed by atoms with E-state index in [0.29, 0.717) is 61.8 Å². The minimum absolute atomic E-state index is 0.257. The third-order valence-electron chi connectivity index (χ3n) is 7.65. The van der Waals surface area contributed by atoms with Crippen LogP contribution in [0.25, 0.3) is 6.08 Å². The first kappa shape index (κ1) is 33.5. The molecule has 0 fully saturated rings. The smallest absolute Gasteiger partial charge is 0.271 e. The lowest BCUT2D eigenvalue weighted by Crippen LogP contribution is -2.40. The number of fused-ring (bicyclic) bond motifs is 1. The van der Waals surface area contributed by atoms with Crippen LogP contribution in [-0.4, -0.2) is 24.2 Å². The Hall–Kier alpha value is -4.39. The van der Waals surface area contributed by atoms with E-state index in [1.165, 1.54) is 11.3 Å². The van der Waals surface area contributed by atoms with Crippen LogP contribution < -0.4 is 34.4 Å². The lowest BCUT2D eigenvalue weighted by Gasteiger charge is -2.25. The molecule has 4 aromatic carbocycles. The number of halogens is 2. The molecule has 5 aromatic rings. The van der Waals surface area contributed by atoms with Gasteiger partial charge in [0.15, 0.2) is 16.3 Å². The molecule has 11 heteroatoms. The van der Waals surface area contributed by atoms with E-state index in [2.05, 4.69) is 27.9 Å². The molecule has 0 saturated carbocycles. The summed E-state index contributed by atoms with van der Waals surface area (Å²) < 4.78 is 20.4. The molecule has 0 bridgehead atoms. The van der Waals surface area contributed by atoms with Gasteiger partial charge in [-0.05, 0) is 108 Å². The Morgan fingerprint density at radius 2 is 1.77 bits per heavy atom. The van der Waals surface area contributed by atoms with Gasteiger partial charge in [0.2, 0.25) is 0 Å². The van der Waals surface area contributed by atoms with Crippen molar-refractivity contribution in [3.63, 3.8) is 0 Å². The van der Waals surface area contributed by atoms with E-state index in [1.54, 1.807) is 18.6 Å². The molecule has 8 nitrogen and oxygen atoms in total. The number of anilines is 1. The number of thiazole rings is 1. The summed E-state index contributed by atoms with van der Waals surface area (Å²) in [6.07, 6.45) is 1.82. The van der Waals surface area contributed by atoms with Gasteiger partial charge in [0.25, 0.3) is 11.5 Å². The quantitative estimate of drug-likeness (QED) is 0.152. The summed E-state index contributed by atoms with van der Waals surface area (Å²) in [6.45, 7) is 4.58.